The van der Waals surface area contributed by atoms with E-state index in [0.717, 1.165) is 0 Å². The molecule has 0 aromatic heterocycles. The van der Waals surface area contributed by atoms with Crippen molar-refractivity contribution >= 4 is 17.4 Å². The summed E-state index contributed by atoms with van der Waals surface area (Å²) in [6.45, 7) is 2.36. The Balaban J connectivity index is 2.00. The van der Waals surface area contributed by atoms with E-state index in [1.807, 2.05) is 0 Å². The number of ketones is 1. The van der Waals surface area contributed by atoms with Gasteiger partial charge in [0, 0.05) is 0 Å². The zero-order valence-corrected chi connectivity index (χ0v) is 11.2. The van der Waals surface area contributed by atoms with Gasteiger partial charge in [-0.25, -0.2) is 4.39 Å². The molecule has 1 aromatic rings. The van der Waals surface area contributed by atoms with E-state index in [1.165, 1.54) is 24.3 Å². The summed E-state index contributed by atoms with van der Waals surface area (Å²) in [5.74, 6) is -0.375. The SMILES string of the molecule is CC1(C(=O)C(Cl)Oc2ccc(F)cc2)COCOC1. The highest BCUT2D eigenvalue weighted by molar-refractivity contribution is 6.30. The van der Waals surface area contributed by atoms with Crippen LogP contribution < -0.4 is 4.74 Å². The van der Waals surface area contributed by atoms with Crippen LogP contribution >= 0.6 is 11.6 Å². The topological polar surface area (TPSA) is 44.8 Å². The first-order chi connectivity index (χ1) is 9.01. The van der Waals surface area contributed by atoms with Gasteiger partial charge in [0.2, 0.25) is 5.56 Å². The van der Waals surface area contributed by atoms with Gasteiger partial charge in [-0.3, -0.25) is 4.79 Å². The second-order valence-electron chi connectivity index (χ2n) is 4.63. The van der Waals surface area contributed by atoms with E-state index < -0.39 is 11.0 Å². The van der Waals surface area contributed by atoms with Crippen molar-refractivity contribution in [1.82, 2.24) is 0 Å². The molecule has 1 atom stereocenters. The number of hydrogen-bond donors (Lipinski definition) is 0. The van der Waals surface area contributed by atoms with Crippen molar-refractivity contribution in [3.05, 3.63) is 30.1 Å². The zero-order chi connectivity index (χ0) is 13.9. The maximum absolute atomic E-state index is 12.7. The molecule has 104 valence electrons. The third kappa shape index (κ3) is 3.43. The molecule has 4 nitrogen and oxygen atoms in total. The summed E-state index contributed by atoms with van der Waals surface area (Å²) in [4.78, 5) is 12.2. The van der Waals surface area contributed by atoms with E-state index in [9.17, 15) is 9.18 Å². The molecule has 1 aromatic carbocycles. The number of carbonyl (C=O) groups excluding carboxylic acids is 1. The van der Waals surface area contributed by atoms with Gasteiger partial charge >= 0.3 is 0 Å². The summed E-state index contributed by atoms with van der Waals surface area (Å²) < 4.78 is 28.3. The Bertz CT molecular complexity index is 442. The second-order valence-corrected chi connectivity index (χ2v) is 5.02. The van der Waals surface area contributed by atoms with Crippen LogP contribution in [0.25, 0.3) is 0 Å². The standard InChI is InChI=1S/C13H14ClFO4/c1-13(6-17-8-18-7-13)11(16)12(14)19-10-4-2-9(15)3-5-10/h2-5,12H,6-8H2,1H3. The molecule has 1 saturated heterocycles. The average molecular weight is 289 g/mol. The summed E-state index contributed by atoms with van der Waals surface area (Å²) in [6.07, 6.45) is 0. The maximum Gasteiger partial charge on any atom is 0.231 e. The minimum atomic E-state index is -1.17. The van der Waals surface area contributed by atoms with E-state index in [2.05, 4.69) is 0 Å². The van der Waals surface area contributed by atoms with Gasteiger partial charge in [-0.2, -0.15) is 0 Å². The number of hydrogen-bond acceptors (Lipinski definition) is 4. The third-order valence-electron chi connectivity index (χ3n) is 2.86. The predicted octanol–water partition coefficient (Wildman–Crippen LogP) is 2.35. The molecule has 1 aliphatic heterocycles. The first-order valence-electron chi connectivity index (χ1n) is 5.77. The Morgan fingerprint density at radius 1 is 1.37 bits per heavy atom. The molecule has 0 N–H and O–H groups in total. The number of carbonyl (C=O) groups is 1. The molecule has 1 aliphatic rings. The van der Waals surface area contributed by atoms with Crippen LogP contribution in [0.1, 0.15) is 6.92 Å². The second kappa shape index (κ2) is 5.86. The molecule has 1 fully saturated rings. The Kier molecular flexibility index (Phi) is 4.39. The average Bonchev–Trinajstić information content (AvgIpc) is 2.41. The smallest absolute Gasteiger partial charge is 0.231 e. The van der Waals surface area contributed by atoms with E-state index in [0.29, 0.717) is 5.75 Å². The fourth-order valence-corrected chi connectivity index (χ4v) is 2.10. The fourth-order valence-electron chi connectivity index (χ4n) is 1.74. The largest absolute Gasteiger partial charge is 0.467 e. The molecular formula is C13H14ClFO4. The summed E-state index contributed by atoms with van der Waals surface area (Å²) in [5.41, 5.74) is -1.99. The molecule has 0 radical (unpaired) electrons. The molecule has 1 unspecified atom stereocenters. The highest BCUT2D eigenvalue weighted by Gasteiger charge is 2.41. The summed E-state index contributed by atoms with van der Waals surface area (Å²) >= 11 is 5.95. The lowest BCUT2D eigenvalue weighted by atomic mass is 9.87. The van der Waals surface area contributed by atoms with Gasteiger partial charge in [-0.15, -0.1) is 0 Å². The van der Waals surface area contributed by atoms with Crippen LogP contribution in [0, 0.1) is 11.2 Å². The Morgan fingerprint density at radius 3 is 2.53 bits per heavy atom. The zero-order valence-electron chi connectivity index (χ0n) is 10.4. The molecular weight excluding hydrogens is 275 g/mol. The molecule has 0 saturated carbocycles. The minimum Gasteiger partial charge on any atom is -0.467 e. The molecule has 6 heteroatoms. The molecule has 1 heterocycles. The summed E-state index contributed by atoms with van der Waals surface area (Å²) in [6, 6.07) is 5.29. The van der Waals surface area contributed by atoms with Crippen LogP contribution in [-0.2, 0) is 14.3 Å². The van der Waals surface area contributed by atoms with E-state index in [4.69, 9.17) is 25.8 Å². The number of benzene rings is 1. The lowest BCUT2D eigenvalue weighted by molar-refractivity contribution is -0.174. The first kappa shape index (κ1) is 14.2. The Morgan fingerprint density at radius 2 is 1.95 bits per heavy atom. The summed E-state index contributed by atoms with van der Waals surface area (Å²) in [5, 5.41) is 0. The minimum absolute atomic E-state index is 0.175. The number of rotatable bonds is 4. The van der Waals surface area contributed by atoms with Crippen LogP contribution in [0.3, 0.4) is 0 Å². The lowest BCUT2D eigenvalue weighted by Gasteiger charge is -2.32. The van der Waals surface area contributed by atoms with Crippen molar-refractivity contribution in [2.75, 3.05) is 20.0 Å². The monoisotopic (exact) mass is 288 g/mol. The van der Waals surface area contributed by atoms with Crippen LogP contribution in [0.15, 0.2) is 24.3 Å². The number of alkyl halides is 1. The first-order valence-corrected chi connectivity index (χ1v) is 6.21. The highest BCUT2D eigenvalue weighted by Crippen LogP contribution is 2.27. The number of ether oxygens (including phenoxy) is 3. The Labute approximate surface area is 115 Å². The normalized spacial score (nSPS) is 19.7. The molecule has 0 bridgehead atoms. The quantitative estimate of drug-likeness (QED) is 0.798. The third-order valence-corrected chi connectivity index (χ3v) is 3.15. The Hall–Kier alpha value is -1.17. The van der Waals surface area contributed by atoms with Crippen LogP contribution in [-0.4, -0.2) is 31.4 Å². The van der Waals surface area contributed by atoms with Gasteiger partial charge in [0.25, 0.3) is 0 Å². The van der Waals surface area contributed by atoms with Crippen molar-refractivity contribution in [3.8, 4) is 5.75 Å². The number of halogens is 2. The predicted molar refractivity (Wildman–Crippen MR) is 66.6 cm³/mol. The van der Waals surface area contributed by atoms with Crippen molar-refractivity contribution in [1.29, 1.82) is 0 Å². The lowest BCUT2D eigenvalue weighted by Crippen LogP contribution is -2.46. The van der Waals surface area contributed by atoms with Gasteiger partial charge in [-0.05, 0) is 31.2 Å². The van der Waals surface area contributed by atoms with Gasteiger partial charge in [0.15, 0.2) is 5.78 Å². The molecule has 0 aliphatic carbocycles. The van der Waals surface area contributed by atoms with Crippen molar-refractivity contribution in [2.45, 2.75) is 12.5 Å². The van der Waals surface area contributed by atoms with E-state index in [-0.39, 0.29) is 31.6 Å². The molecule has 0 spiro atoms. The van der Waals surface area contributed by atoms with Crippen LogP contribution in [0.5, 0.6) is 5.75 Å². The van der Waals surface area contributed by atoms with Gasteiger partial charge in [0.1, 0.15) is 18.4 Å². The van der Waals surface area contributed by atoms with Crippen molar-refractivity contribution < 1.29 is 23.4 Å². The highest BCUT2D eigenvalue weighted by atomic mass is 35.5. The van der Waals surface area contributed by atoms with Gasteiger partial charge in [-0.1, -0.05) is 11.6 Å². The fraction of sp³-hybridized carbons (Fsp3) is 0.462. The van der Waals surface area contributed by atoms with Gasteiger partial charge in [0.05, 0.1) is 18.6 Å². The van der Waals surface area contributed by atoms with Crippen LogP contribution in [0.4, 0.5) is 4.39 Å². The molecule has 19 heavy (non-hydrogen) atoms. The number of Topliss-reactive ketones (excluding diaryl/α,β-unsaturated/α-hetero) is 1. The van der Waals surface area contributed by atoms with Crippen molar-refractivity contribution in [2.24, 2.45) is 5.41 Å². The van der Waals surface area contributed by atoms with E-state index >= 15 is 0 Å². The summed E-state index contributed by atoms with van der Waals surface area (Å²) in [7, 11) is 0. The van der Waals surface area contributed by atoms with Crippen molar-refractivity contribution in [3.63, 3.8) is 0 Å². The maximum atomic E-state index is 12.7. The van der Waals surface area contributed by atoms with E-state index in [1.54, 1.807) is 6.92 Å². The van der Waals surface area contributed by atoms with Gasteiger partial charge < -0.3 is 14.2 Å². The molecule has 0 amide bonds. The molecule has 2 rings (SSSR count). The van der Waals surface area contributed by atoms with Crippen LogP contribution in [0.2, 0.25) is 0 Å².